The Balaban J connectivity index is 2.44. The number of aromatic amines is 1. The van der Waals surface area contributed by atoms with E-state index < -0.39 is 0 Å². The Morgan fingerprint density at radius 3 is 1.86 bits per heavy atom. The molecule has 0 radical (unpaired) electrons. The highest BCUT2D eigenvalue weighted by molar-refractivity contribution is 6.07. The average Bonchev–Trinajstić information content (AvgIpc) is 2.73. The Hall–Kier alpha value is -1.76. The Kier molecular flexibility index (Phi) is 2.95. The van der Waals surface area contributed by atoms with Gasteiger partial charge in [0.1, 0.15) is 0 Å². The summed E-state index contributed by atoms with van der Waals surface area (Å²) >= 11 is 0. The molecule has 0 bridgehead atoms. The molecule has 1 heteroatoms. The van der Waals surface area contributed by atoms with E-state index in [-0.39, 0.29) is 10.8 Å². The summed E-state index contributed by atoms with van der Waals surface area (Å²) in [5, 5.41) is 2.65. The van der Waals surface area contributed by atoms with Crippen molar-refractivity contribution in [1.29, 1.82) is 0 Å². The molecule has 0 amide bonds. The van der Waals surface area contributed by atoms with Crippen LogP contribution in [0.2, 0.25) is 0 Å². The van der Waals surface area contributed by atoms with Crippen molar-refractivity contribution in [2.24, 2.45) is 0 Å². The third-order valence-electron chi connectivity index (χ3n) is 4.26. The fraction of sp³-hybridized carbons (Fsp3) is 0.400. The van der Waals surface area contributed by atoms with E-state index in [1.165, 1.54) is 32.9 Å². The summed E-state index contributed by atoms with van der Waals surface area (Å²) in [5.41, 5.74) is 5.65. The molecule has 3 rings (SSSR count). The van der Waals surface area contributed by atoms with Crippen molar-refractivity contribution in [2.45, 2.75) is 52.4 Å². The SMILES string of the molecule is CC(C)(C)c1cc2[nH]c3ccccc3c2cc1C(C)(C)C. The van der Waals surface area contributed by atoms with Crippen molar-refractivity contribution in [2.75, 3.05) is 0 Å². The smallest absolute Gasteiger partial charge is 0.0468 e. The quantitative estimate of drug-likeness (QED) is 0.526. The lowest BCUT2D eigenvalue weighted by atomic mass is 9.75. The normalized spacial score (nSPS) is 13.2. The number of H-pyrrole nitrogens is 1. The van der Waals surface area contributed by atoms with Crippen LogP contribution in [0.3, 0.4) is 0 Å². The minimum atomic E-state index is 0.147. The molecule has 3 aromatic rings. The molecule has 0 aliphatic rings. The summed E-state index contributed by atoms with van der Waals surface area (Å²) in [4.78, 5) is 3.57. The maximum absolute atomic E-state index is 3.57. The van der Waals surface area contributed by atoms with Crippen molar-refractivity contribution < 1.29 is 0 Å². The van der Waals surface area contributed by atoms with E-state index in [2.05, 4.69) is 82.9 Å². The standard InChI is InChI=1S/C20H25N/c1-19(2,3)15-11-14-13-9-7-8-10-17(13)21-18(14)12-16(15)20(4,5)6/h7-12,21H,1-6H3. The number of hydrogen-bond donors (Lipinski definition) is 1. The molecular weight excluding hydrogens is 254 g/mol. The molecular formula is C20H25N. The summed E-state index contributed by atoms with van der Waals surface area (Å²) in [5.74, 6) is 0. The van der Waals surface area contributed by atoms with E-state index in [1.54, 1.807) is 0 Å². The number of hydrogen-bond acceptors (Lipinski definition) is 0. The maximum atomic E-state index is 3.57. The fourth-order valence-electron chi connectivity index (χ4n) is 3.14. The monoisotopic (exact) mass is 279 g/mol. The Bertz CT molecular complexity index is 807. The first-order valence-corrected chi connectivity index (χ1v) is 7.73. The molecule has 2 aromatic carbocycles. The number of para-hydroxylation sites is 1. The van der Waals surface area contributed by atoms with Crippen LogP contribution in [0.4, 0.5) is 0 Å². The predicted octanol–water partition coefficient (Wildman–Crippen LogP) is 5.92. The molecule has 1 aromatic heterocycles. The molecule has 0 unspecified atom stereocenters. The van der Waals surface area contributed by atoms with Crippen LogP contribution in [0.25, 0.3) is 21.8 Å². The lowest BCUT2D eigenvalue weighted by molar-refractivity contribution is 0.531. The van der Waals surface area contributed by atoms with Crippen molar-refractivity contribution in [3.63, 3.8) is 0 Å². The summed E-state index contributed by atoms with van der Waals surface area (Å²) in [7, 11) is 0. The van der Waals surface area contributed by atoms with Crippen LogP contribution in [0.5, 0.6) is 0 Å². The first kappa shape index (κ1) is 14.2. The minimum absolute atomic E-state index is 0.147. The molecule has 0 atom stereocenters. The van der Waals surface area contributed by atoms with Gasteiger partial charge in [0.25, 0.3) is 0 Å². The van der Waals surface area contributed by atoms with Crippen molar-refractivity contribution in [3.8, 4) is 0 Å². The van der Waals surface area contributed by atoms with Crippen LogP contribution in [-0.4, -0.2) is 4.98 Å². The zero-order valence-corrected chi connectivity index (χ0v) is 14.0. The van der Waals surface area contributed by atoms with Gasteiger partial charge in [0.2, 0.25) is 0 Å². The molecule has 0 aliphatic carbocycles. The van der Waals surface area contributed by atoms with Crippen LogP contribution in [-0.2, 0) is 10.8 Å². The van der Waals surface area contributed by atoms with Crippen LogP contribution in [0, 0.1) is 0 Å². The van der Waals surface area contributed by atoms with Crippen LogP contribution < -0.4 is 0 Å². The van der Waals surface area contributed by atoms with E-state index in [0.29, 0.717) is 0 Å². The highest BCUT2D eigenvalue weighted by Crippen LogP contribution is 2.38. The van der Waals surface area contributed by atoms with Gasteiger partial charge in [-0.05, 0) is 40.2 Å². The first-order chi connectivity index (χ1) is 9.68. The highest BCUT2D eigenvalue weighted by atomic mass is 14.7. The van der Waals surface area contributed by atoms with Gasteiger partial charge in [-0.25, -0.2) is 0 Å². The van der Waals surface area contributed by atoms with Crippen molar-refractivity contribution in [3.05, 3.63) is 47.5 Å². The Morgan fingerprint density at radius 1 is 0.667 bits per heavy atom. The van der Waals surface area contributed by atoms with Gasteiger partial charge in [0.05, 0.1) is 0 Å². The molecule has 1 N–H and O–H groups in total. The summed E-state index contributed by atoms with van der Waals surface area (Å²) < 4.78 is 0. The summed E-state index contributed by atoms with van der Waals surface area (Å²) in [6.45, 7) is 13.8. The second-order valence-corrected chi connectivity index (χ2v) is 8.11. The van der Waals surface area contributed by atoms with Gasteiger partial charge in [-0.2, -0.15) is 0 Å². The van der Waals surface area contributed by atoms with Gasteiger partial charge in [-0.15, -0.1) is 0 Å². The van der Waals surface area contributed by atoms with Gasteiger partial charge >= 0.3 is 0 Å². The molecule has 0 fully saturated rings. The minimum Gasteiger partial charge on any atom is -0.355 e. The zero-order chi connectivity index (χ0) is 15.4. The molecule has 110 valence electrons. The third kappa shape index (κ3) is 2.35. The van der Waals surface area contributed by atoms with Gasteiger partial charge < -0.3 is 4.98 Å². The molecule has 0 saturated carbocycles. The number of rotatable bonds is 0. The molecule has 0 aliphatic heterocycles. The van der Waals surface area contributed by atoms with Crippen LogP contribution >= 0.6 is 0 Å². The van der Waals surface area contributed by atoms with Crippen LogP contribution in [0.1, 0.15) is 52.7 Å². The molecule has 0 saturated heterocycles. The van der Waals surface area contributed by atoms with E-state index in [4.69, 9.17) is 0 Å². The van der Waals surface area contributed by atoms with Gasteiger partial charge in [0.15, 0.2) is 0 Å². The van der Waals surface area contributed by atoms with Gasteiger partial charge in [-0.3, -0.25) is 0 Å². The molecule has 0 spiro atoms. The second-order valence-electron chi connectivity index (χ2n) is 8.11. The number of aromatic nitrogens is 1. The van der Waals surface area contributed by atoms with Gasteiger partial charge in [-0.1, -0.05) is 59.7 Å². The number of benzene rings is 2. The van der Waals surface area contributed by atoms with E-state index in [0.717, 1.165) is 0 Å². The third-order valence-corrected chi connectivity index (χ3v) is 4.26. The van der Waals surface area contributed by atoms with Crippen molar-refractivity contribution >= 4 is 21.8 Å². The number of nitrogens with one attached hydrogen (secondary N) is 1. The Morgan fingerprint density at radius 2 is 1.24 bits per heavy atom. The Labute approximate surface area is 127 Å². The highest BCUT2D eigenvalue weighted by Gasteiger charge is 2.26. The zero-order valence-electron chi connectivity index (χ0n) is 14.0. The lowest BCUT2D eigenvalue weighted by Crippen LogP contribution is -2.21. The number of fused-ring (bicyclic) bond motifs is 3. The molecule has 1 nitrogen and oxygen atoms in total. The van der Waals surface area contributed by atoms with Crippen LogP contribution in [0.15, 0.2) is 36.4 Å². The summed E-state index contributed by atoms with van der Waals surface area (Å²) in [6.07, 6.45) is 0. The van der Waals surface area contributed by atoms with E-state index >= 15 is 0 Å². The molecule has 1 heterocycles. The second kappa shape index (κ2) is 4.37. The maximum Gasteiger partial charge on any atom is 0.0468 e. The van der Waals surface area contributed by atoms with E-state index in [9.17, 15) is 0 Å². The average molecular weight is 279 g/mol. The largest absolute Gasteiger partial charge is 0.355 e. The van der Waals surface area contributed by atoms with E-state index in [1.807, 2.05) is 0 Å². The topological polar surface area (TPSA) is 15.8 Å². The lowest BCUT2D eigenvalue weighted by Gasteiger charge is -2.30. The summed E-state index contributed by atoms with van der Waals surface area (Å²) in [6, 6.07) is 13.3. The molecule has 21 heavy (non-hydrogen) atoms. The van der Waals surface area contributed by atoms with Gasteiger partial charge in [0, 0.05) is 21.8 Å². The predicted molar refractivity (Wildman–Crippen MR) is 93.2 cm³/mol. The first-order valence-electron chi connectivity index (χ1n) is 7.73. The van der Waals surface area contributed by atoms with Crippen molar-refractivity contribution in [1.82, 2.24) is 4.98 Å². The fourth-order valence-corrected chi connectivity index (χ4v) is 3.14.